The van der Waals surface area contributed by atoms with Crippen molar-refractivity contribution in [3.05, 3.63) is 0 Å². The van der Waals surface area contributed by atoms with Gasteiger partial charge in [0, 0.05) is 12.0 Å². The van der Waals surface area contributed by atoms with Crippen LogP contribution in [0.4, 0.5) is 0 Å². The van der Waals surface area contributed by atoms with Gasteiger partial charge in [-0.15, -0.1) is 0 Å². The average Bonchev–Trinajstić information content (AvgIpc) is 1.90. The summed E-state index contributed by atoms with van der Waals surface area (Å²) in [5.74, 6) is 0. The van der Waals surface area contributed by atoms with Crippen LogP contribution < -0.4 is 5.32 Å². The molecule has 1 aliphatic heterocycles. The van der Waals surface area contributed by atoms with E-state index in [1.165, 1.54) is 12.8 Å². The molecule has 0 saturated carbocycles. The molecule has 50 valence electrons. The number of rotatable bonds is 1. The minimum absolute atomic E-state index is 0.138. The molecule has 1 fully saturated rings. The van der Waals surface area contributed by atoms with Crippen molar-refractivity contribution < 1.29 is 5.11 Å². The maximum atomic E-state index is 8.89. The molecule has 1 heterocycles. The van der Waals surface area contributed by atoms with Gasteiger partial charge < -0.3 is 10.4 Å². The van der Waals surface area contributed by atoms with Crippen molar-refractivity contribution in [2.24, 2.45) is 0 Å². The summed E-state index contributed by atoms with van der Waals surface area (Å²) in [7, 11) is 5.26. The number of hydrogen-bond donors (Lipinski definition) is 2. The summed E-state index contributed by atoms with van der Waals surface area (Å²) in [6, 6.07) is -0.538. The molecule has 2 radical (unpaired) electrons. The molecular formula is C6H12BNO. The molecule has 0 spiro atoms. The van der Waals surface area contributed by atoms with Crippen molar-refractivity contribution in [1.29, 1.82) is 0 Å². The summed E-state index contributed by atoms with van der Waals surface area (Å²) in [6.07, 6.45) is 3.41. The van der Waals surface area contributed by atoms with Crippen LogP contribution in [-0.2, 0) is 0 Å². The Morgan fingerprint density at radius 1 is 1.56 bits per heavy atom. The van der Waals surface area contributed by atoms with Crippen LogP contribution in [0.5, 0.6) is 0 Å². The number of aliphatic hydroxyl groups excluding tert-OH is 1. The van der Waals surface area contributed by atoms with Gasteiger partial charge in [0.15, 0.2) is 0 Å². The van der Waals surface area contributed by atoms with E-state index in [4.69, 9.17) is 13.0 Å². The Morgan fingerprint density at radius 3 is 2.67 bits per heavy atom. The van der Waals surface area contributed by atoms with Crippen molar-refractivity contribution in [2.45, 2.75) is 31.3 Å². The highest BCUT2D eigenvalue weighted by Crippen LogP contribution is 2.08. The molecule has 1 saturated heterocycles. The van der Waals surface area contributed by atoms with E-state index in [1.54, 1.807) is 0 Å². The largest absolute Gasteiger partial charge is 0.401 e. The van der Waals surface area contributed by atoms with E-state index in [9.17, 15) is 0 Å². The van der Waals surface area contributed by atoms with Crippen molar-refractivity contribution in [2.75, 3.05) is 6.54 Å². The summed E-state index contributed by atoms with van der Waals surface area (Å²) in [4.78, 5) is 0. The van der Waals surface area contributed by atoms with Crippen molar-refractivity contribution in [1.82, 2.24) is 5.32 Å². The molecule has 0 bridgehead atoms. The number of aliphatic hydroxyl groups is 1. The Bertz CT molecular complexity index is 81.1. The molecule has 3 heteroatoms. The van der Waals surface area contributed by atoms with Gasteiger partial charge in [-0.05, 0) is 19.4 Å². The van der Waals surface area contributed by atoms with Crippen molar-refractivity contribution in [3.8, 4) is 0 Å². The first-order chi connectivity index (χ1) is 4.30. The standard InChI is InChI=1S/C6H12BNO/c7-6(9)5-3-1-2-4-8-5/h5-6,8-9H,1-4H2. The third kappa shape index (κ3) is 1.99. The fourth-order valence-electron chi connectivity index (χ4n) is 1.17. The zero-order valence-electron chi connectivity index (χ0n) is 5.51. The minimum Gasteiger partial charge on any atom is -0.401 e. The van der Waals surface area contributed by atoms with Crippen LogP contribution in [0.15, 0.2) is 0 Å². The molecule has 1 aliphatic rings. The van der Waals surface area contributed by atoms with E-state index in [0.29, 0.717) is 0 Å². The number of piperidine rings is 1. The van der Waals surface area contributed by atoms with Gasteiger partial charge in [-0.3, -0.25) is 0 Å². The first-order valence-corrected chi connectivity index (χ1v) is 3.48. The van der Waals surface area contributed by atoms with E-state index < -0.39 is 6.00 Å². The Hall–Kier alpha value is -0.0151. The summed E-state index contributed by atoms with van der Waals surface area (Å²) < 4.78 is 0. The average molecular weight is 125 g/mol. The van der Waals surface area contributed by atoms with Gasteiger partial charge in [0.25, 0.3) is 0 Å². The highest BCUT2D eigenvalue weighted by molar-refractivity contribution is 6.11. The third-order valence-corrected chi connectivity index (χ3v) is 1.76. The second-order valence-corrected chi connectivity index (χ2v) is 2.55. The van der Waals surface area contributed by atoms with E-state index >= 15 is 0 Å². The minimum atomic E-state index is -0.676. The number of nitrogens with one attached hydrogen (secondary N) is 1. The first kappa shape index (κ1) is 7.10. The van der Waals surface area contributed by atoms with Crippen LogP contribution in [0.3, 0.4) is 0 Å². The predicted octanol–water partition coefficient (Wildman–Crippen LogP) is -0.385. The van der Waals surface area contributed by atoms with E-state index in [0.717, 1.165) is 13.0 Å². The quantitative estimate of drug-likeness (QED) is 0.468. The summed E-state index contributed by atoms with van der Waals surface area (Å²) in [6.45, 7) is 0.999. The molecule has 0 aromatic carbocycles. The molecule has 0 aliphatic carbocycles. The van der Waals surface area contributed by atoms with Crippen molar-refractivity contribution >= 4 is 7.85 Å². The van der Waals surface area contributed by atoms with E-state index in [2.05, 4.69) is 5.32 Å². The van der Waals surface area contributed by atoms with Gasteiger partial charge in [-0.2, -0.15) is 0 Å². The van der Waals surface area contributed by atoms with Crippen LogP contribution in [0, 0.1) is 0 Å². The van der Waals surface area contributed by atoms with Gasteiger partial charge in [-0.1, -0.05) is 6.42 Å². The molecule has 0 aromatic heterocycles. The smallest absolute Gasteiger partial charge is 0.110 e. The van der Waals surface area contributed by atoms with Crippen LogP contribution in [0.1, 0.15) is 19.3 Å². The van der Waals surface area contributed by atoms with Crippen LogP contribution >= 0.6 is 0 Å². The van der Waals surface area contributed by atoms with E-state index in [-0.39, 0.29) is 6.04 Å². The second kappa shape index (κ2) is 3.23. The van der Waals surface area contributed by atoms with Gasteiger partial charge in [0.05, 0.1) is 0 Å². The second-order valence-electron chi connectivity index (χ2n) is 2.55. The highest BCUT2D eigenvalue weighted by atomic mass is 16.3. The Morgan fingerprint density at radius 2 is 2.33 bits per heavy atom. The molecule has 0 aromatic rings. The molecule has 9 heavy (non-hydrogen) atoms. The van der Waals surface area contributed by atoms with Gasteiger partial charge in [0.2, 0.25) is 0 Å². The van der Waals surface area contributed by atoms with Gasteiger partial charge in [0.1, 0.15) is 7.85 Å². The molecule has 2 atom stereocenters. The monoisotopic (exact) mass is 125 g/mol. The normalized spacial score (nSPS) is 31.9. The van der Waals surface area contributed by atoms with Gasteiger partial charge in [-0.25, -0.2) is 0 Å². The zero-order chi connectivity index (χ0) is 6.69. The van der Waals surface area contributed by atoms with E-state index in [1.807, 2.05) is 0 Å². The summed E-state index contributed by atoms with van der Waals surface area (Å²) in [5, 5.41) is 12.0. The van der Waals surface area contributed by atoms with Crippen LogP contribution in [-0.4, -0.2) is 31.5 Å². The fourth-order valence-corrected chi connectivity index (χ4v) is 1.17. The third-order valence-electron chi connectivity index (χ3n) is 1.76. The lowest BCUT2D eigenvalue weighted by Crippen LogP contribution is -2.43. The lowest BCUT2D eigenvalue weighted by Gasteiger charge is -2.25. The molecular weight excluding hydrogens is 113 g/mol. The Balaban J connectivity index is 2.23. The fraction of sp³-hybridized carbons (Fsp3) is 1.00. The van der Waals surface area contributed by atoms with Gasteiger partial charge >= 0.3 is 0 Å². The first-order valence-electron chi connectivity index (χ1n) is 3.48. The Labute approximate surface area is 57.1 Å². The lowest BCUT2D eigenvalue weighted by atomic mass is 9.87. The maximum absolute atomic E-state index is 8.89. The Kier molecular flexibility index (Phi) is 2.55. The molecule has 2 unspecified atom stereocenters. The molecule has 1 rings (SSSR count). The summed E-state index contributed by atoms with van der Waals surface area (Å²) in [5.41, 5.74) is 0. The molecule has 2 nitrogen and oxygen atoms in total. The molecule has 2 N–H and O–H groups in total. The molecule has 0 amide bonds. The maximum Gasteiger partial charge on any atom is 0.110 e. The topological polar surface area (TPSA) is 32.3 Å². The van der Waals surface area contributed by atoms with Crippen LogP contribution in [0.25, 0.3) is 0 Å². The van der Waals surface area contributed by atoms with Crippen LogP contribution in [0.2, 0.25) is 0 Å². The number of hydrogen-bond acceptors (Lipinski definition) is 2. The summed E-state index contributed by atoms with van der Waals surface area (Å²) >= 11 is 0. The lowest BCUT2D eigenvalue weighted by molar-refractivity contribution is 0.182. The zero-order valence-corrected chi connectivity index (χ0v) is 5.51. The SMILES string of the molecule is [B]C(O)C1CCCCN1. The predicted molar refractivity (Wildman–Crippen MR) is 37.4 cm³/mol. The highest BCUT2D eigenvalue weighted by Gasteiger charge is 2.15. The van der Waals surface area contributed by atoms with Crippen molar-refractivity contribution in [3.63, 3.8) is 0 Å².